The average molecular weight is 406 g/mol. The Labute approximate surface area is 172 Å². The lowest BCUT2D eigenvalue weighted by atomic mass is 10.1. The van der Waals surface area contributed by atoms with E-state index >= 15 is 0 Å². The largest absolute Gasteiger partial charge is 0.476 e. The van der Waals surface area contributed by atoms with Gasteiger partial charge in [-0.1, -0.05) is 0 Å². The van der Waals surface area contributed by atoms with E-state index in [2.05, 4.69) is 15.1 Å². The van der Waals surface area contributed by atoms with Crippen LogP contribution in [0.5, 0.6) is 11.8 Å². The molecule has 1 saturated carbocycles. The van der Waals surface area contributed by atoms with Crippen molar-refractivity contribution < 1.29 is 18.7 Å². The Balaban J connectivity index is 1.46. The number of aromatic nitrogens is 4. The van der Waals surface area contributed by atoms with Gasteiger partial charge in [-0.25, -0.2) is 14.5 Å². The van der Waals surface area contributed by atoms with E-state index in [1.807, 2.05) is 26.0 Å². The van der Waals surface area contributed by atoms with Gasteiger partial charge in [-0.05, 0) is 32.4 Å². The number of nitrogens with zero attached hydrogens (tertiary/aromatic N) is 4. The molecule has 1 fully saturated rings. The summed E-state index contributed by atoms with van der Waals surface area (Å²) in [5.74, 6) is 2.21. The molecular formula is C22H22N4O4. The first kappa shape index (κ1) is 18.6. The molecule has 1 aliphatic carbocycles. The van der Waals surface area contributed by atoms with Gasteiger partial charge in [0.25, 0.3) is 0 Å². The summed E-state index contributed by atoms with van der Waals surface area (Å²) in [5, 5.41) is 5.37. The molecule has 0 bridgehead atoms. The number of hydrogen-bond acceptors (Lipinski definition) is 7. The van der Waals surface area contributed by atoms with E-state index < -0.39 is 0 Å². The minimum Gasteiger partial charge on any atom is -0.476 e. The fourth-order valence-electron chi connectivity index (χ4n) is 3.72. The summed E-state index contributed by atoms with van der Waals surface area (Å²) in [4.78, 5) is 20.2. The predicted molar refractivity (Wildman–Crippen MR) is 110 cm³/mol. The number of carbonyl (C=O) groups is 1. The van der Waals surface area contributed by atoms with Gasteiger partial charge in [0.2, 0.25) is 11.8 Å². The molecule has 1 atom stereocenters. The minimum atomic E-state index is 0.00813. The monoisotopic (exact) mass is 406 g/mol. The second kappa shape index (κ2) is 7.44. The van der Waals surface area contributed by atoms with Gasteiger partial charge in [0.15, 0.2) is 11.4 Å². The molecule has 4 aromatic rings. The van der Waals surface area contributed by atoms with E-state index in [1.54, 1.807) is 29.0 Å². The summed E-state index contributed by atoms with van der Waals surface area (Å²) in [6.07, 6.45) is 5.51. The van der Waals surface area contributed by atoms with Crippen molar-refractivity contribution in [3.63, 3.8) is 0 Å². The van der Waals surface area contributed by atoms with Crippen molar-refractivity contribution in [1.82, 2.24) is 19.6 Å². The quantitative estimate of drug-likeness (QED) is 0.476. The van der Waals surface area contributed by atoms with Crippen LogP contribution in [-0.4, -0.2) is 38.1 Å². The first-order valence-electron chi connectivity index (χ1n) is 10.1. The SMILES string of the molecule is CC(C)Oc1nccc2oc(-c3cnc4ccc(OC[C@H]5CCC(=O)C5)nn34)cc12. The maximum atomic E-state index is 11.5. The third-order valence-corrected chi connectivity index (χ3v) is 5.16. The average Bonchev–Trinajstić information content (AvgIpc) is 3.43. The number of imidazole rings is 1. The Hall–Kier alpha value is -3.42. The van der Waals surface area contributed by atoms with Crippen molar-refractivity contribution in [3.05, 3.63) is 36.7 Å². The zero-order valence-electron chi connectivity index (χ0n) is 16.9. The predicted octanol–water partition coefficient (Wildman–Crippen LogP) is 4.07. The first-order valence-corrected chi connectivity index (χ1v) is 10.1. The van der Waals surface area contributed by atoms with Crippen LogP contribution in [0, 0.1) is 5.92 Å². The van der Waals surface area contributed by atoms with Crippen LogP contribution in [-0.2, 0) is 4.79 Å². The molecule has 4 aromatic heterocycles. The molecule has 0 aliphatic heterocycles. The normalized spacial score (nSPS) is 16.8. The molecular weight excluding hydrogens is 384 g/mol. The summed E-state index contributed by atoms with van der Waals surface area (Å²) >= 11 is 0. The maximum absolute atomic E-state index is 11.5. The molecule has 0 spiro atoms. The molecule has 0 N–H and O–H groups in total. The number of hydrogen-bond donors (Lipinski definition) is 0. The second-order valence-corrected chi connectivity index (χ2v) is 7.85. The van der Waals surface area contributed by atoms with E-state index in [0.717, 1.165) is 11.8 Å². The third-order valence-electron chi connectivity index (χ3n) is 5.16. The lowest BCUT2D eigenvalue weighted by Gasteiger charge is -2.10. The minimum absolute atomic E-state index is 0.00813. The summed E-state index contributed by atoms with van der Waals surface area (Å²) in [5.41, 5.74) is 2.08. The van der Waals surface area contributed by atoms with Crippen LogP contribution in [0.1, 0.15) is 33.1 Å². The van der Waals surface area contributed by atoms with Crippen molar-refractivity contribution in [2.24, 2.45) is 5.92 Å². The van der Waals surface area contributed by atoms with Crippen LogP contribution >= 0.6 is 0 Å². The van der Waals surface area contributed by atoms with Crippen molar-refractivity contribution in [2.75, 3.05) is 6.61 Å². The van der Waals surface area contributed by atoms with E-state index in [0.29, 0.717) is 59.7 Å². The molecule has 8 heteroatoms. The van der Waals surface area contributed by atoms with E-state index in [9.17, 15) is 4.79 Å². The summed E-state index contributed by atoms with van der Waals surface area (Å²) in [7, 11) is 0. The molecule has 5 rings (SSSR count). The Morgan fingerprint density at radius 2 is 2.17 bits per heavy atom. The number of carbonyl (C=O) groups excluding carboxylic acids is 1. The van der Waals surface area contributed by atoms with Gasteiger partial charge in [-0.15, -0.1) is 5.10 Å². The molecule has 0 unspecified atom stereocenters. The topological polar surface area (TPSA) is 91.8 Å². The summed E-state index contributed by atoms with van der Waals surface area (Å²) in [6, 6.07) is 7.34. The van der Waals surface area contributed by atoms with Crippen molar-refractivity contribution in [2.45, 2.75) is 39.2 Å². The highest BCUT2D eigenvalue weighted by atomic mass is 16.5. The van der Waals surface area contributed by atoms with Crippen LogP contribution < -0.4 is 9.47 Å². The van der Waals surface area contributed by atoms with Crippen molar-refractivity contribution in [3.8, 4) is 23.2 Å². The van der Waals surface area contributed by atoms with Gasteiger partial charge < -0.3 is 13.9 Å². The number of ether oxygens (including phenoxy) is 2. The highest BCUT2D eigenvalue weighted by Gasteiger charge is 2.23. The highest BCUT2D eigenvalue weighted by Crippen LogP contribution is 2.33. The van der Waals surface area contributed by atoms with Crippen molar-refractivity contribution in [1.29, 1.82) is 0 Å². The number of ketones is 1. The summed E-state index contributed by atoms with van der Waals surface area (Å²) < 4.78 is 19.4. The summed E-state index contributed by atoms with van der Waals surface area (Å²) in [6.45, 7) is 4.40. The number of fused-ring (bicyclic) bond motifs is 2. The van der Waals surface area contributed by atoms with E-state index in [1.165, 1.54) is 0 Å². The molecule has 8 nitrogen and oxygen atoms in total. The van der Waals surface area contributed by atoms with Gasteiger partial charge >= 0.3 is 0 Å². The first-order chi connectivity index (χ1) is 14.6. The molecule has 0 aromatic carbocycles. The fraction of sp³-hybridized carbons (Fsp3) is 0.364. The fourth-order valence-corrected chi connectivity index (χ4v) is 3.72. The second-order valence-electron chi connectivity index (χ2n) is 7.85. The Morgan fingerprint density at radius 1 is 1.27 bits per heavy atom. The Kier molecular flexibility index (Phi) is 4.61. The van der Waals surface area contributed by atoms with E-state index in [-0.39, 0.29) is 12.0 Å². The number of rotatable bonds is 6. The van der Waals surface area contributed by atoms with Crippen LogP contribution in [0.2, 0.25) is 0 Å². The third kappa shape index (κ3) is 3.49. The van der Waals surface area contributed by atoms with Gasteiger partial charge in [0.05, 0.1) is 24.3 Å². The van der Waals surface area contributed by atoms with E-state index in [4.69, 9.17) is 13.9 Å². The van der Waals surface area contributed by atoms with Gasteiger partial charge in [-0.2, -0.15) is 0 Å². The molecule has 0 amide bonds. The van der Waals surface area contributed by atoms with Crippen LogP contribution in [0.3, 0.4) is 0 Å². The molecule has 4 heterocycles. The van der Waals surface area contributed by atoms with Crippen LogP contribution in [0.15, 0.2) is 41.1 Å². The maximum Gasteiger partial charge on any atom is 0.231 e. The Morgan fingerprint density at radius 3 is 2.97 bits per heavy atom. The number of furan rings is 1. The van der Waals surface area contributed by atoms with Crippen molar-refractivity contribution >= 4 is 22.4 Å². The molecule has 0 radical (unpaired) electrons. The van der Waals surface area contributed by atoms with Crippen LogP contribution in [0.25, 0.3) is 28.1 Å². The molecule has 154 valence electrons. The zero-order chi connectivity index (χ0) is 20.7. The van der Waals surface area contributed by atoms with Gasteiger partial charge in [0.1, 0.15) is 17.1 Å². The molecule has 30 heavy (non-hydrogen) atoms. The Bertz CT molecular complexity index is 1230. The standard InChI is InChI=1S/C22H22N4O4/c1-13(2)29-22-16-10-19(30-18(16)7-8-23-22)17-11-24-20-5-6-21(25-26(17)20)28-12-14-3-4-15(27)9-14/h5-8,10-11,13-14H,3-4,9,12H2,1-2H3/t14-/m0/s1. The number of Topliss-reactive ketones (excluding diaryl/α,β-unsaturated/α-hetero) is 1. The van der Waals surface area contributed by atoms with Gasteiger partial charge in [0, 0.05) is 37.1 Å². The number of pyridine rings is 1. The lowest BCUT2D eigenvalue weighted by Crippen LogP contribution is -2.10. The molecule has 1 aliphatic rings. The highest BCUT2D eigenvalue weighted by molar-refractivity contribution is 5.86. The zero-order valence-corrected chi connectivity index (χ0v) is 16.9. The lowest BCUT2D eigenvalue weighted by molar-refractivity contribution is -0.117. The molecule has 0 saturated heterocycles. The smallest absolute Gasteiger partial charge is 0.231 e. The van der Waals surface area contributed by atoms with Crippen LogP contribution in [0.4, 0.5) is 0 Å². The van der Waals surface area contributed by atoms with Gasteiger partial charge in [-0.3, -0.25) is 4.79 Å².